The van der Waals surface area contributed by atoms with Gasteiger partial charge in [0.15, 0.2) is 0 Å². The SMILES string of the molecule is CC(C)CCCC(C)NC1CC(c2ccc(Cl)cc2)C1. The van der Waals surface area contributed by atoms with Crippen molar-refractivity contribution in [3.63, 3.8) is 0 Å². The molecule has 1 aromatic carbocycles. The maximum absolute atomic E-state index is 5.93. The van der Waals surface area contributed by atoms with Gasteiger partial charge in [-0.1, -0.05) is 50.4 Å². The molecule has 0 bridgehead atoms. The van der Waals surface area contributed by atoms with Gasteiger partial charge in [0.1, 0.15) is 0 Å². The normalized spacial score (nSPS) is 23.6. The second-order valence-electron chi connectivity index (χ2n) is 6.81. The van der Waals surface area contributed by atoms with Crippen molar-refractivity contribution in [2.75, 3.05) is 0 Å². The molecule has 0 heterocycles. The van der Waals surface area contributed by atoms with Gasteiger partial charge in [0.05, 0.1) is 0 Å². The molecule has 1 saturated carbocycles. The van der Waals surface area contributed by atoms with E-state index in [1.54, 1.807) is 0 Å². The topological polar surface area (TPSA) is 12.0 Å². The van der Waals surface area contributed by atoms with Gasteiger partial charge < -0.3 is 5.32 Å². The lowest BCUT2D eigenvalue weighted by molar-refractivity contribution is 0.262. The predicted molar refractivity (Wildman–Crippen MR) is 88.5 cm³/mol. The molecule has 1 N–H and O–H groups in total. The molecule has 1 aliphatic rings. The molecule has 1 aromatic rings. The number of hydrogen-bond donors (Lipinski definition) is 1. The maximum Gasteiger partial charge on any atom is 0.0406 e. The molecule has 1 atom stereocenters. The van der Waals surface area contributed by atoms with Crippen LogP contribution in [0.3, 0.4) is 0 Å². The monoisotopic (exact) mass is 293 g/mol. The van der Waals surface area contributed by atoms with Crippen LogP contribution in [0.1, 0.15) is 64.4 Å². The standard InChI is InChI=1S/C18H28ClN/c1-13(2)5-4-6-14(3)20-18-11-16(12-18)15-7-9-17(19)10-8-15/h7-10,13-14,16,18,20H,4-6,11-12H2,1-3H3. The molecule has 2 rings (SSSR count). The van der Waals surface area contributed by atoms with Crippen molar-refractivity contribution in [3.05, 3.63) is 34.9 Å². The van der Waals surface area contributed by atoms with E-state index in [-0.39, 0.29) is 0 Å². The van der Waals surface area contributed by atoms with Crippen LogP contribution in [0.4, 0.5) is 0 Å². The van der Waals surface area contributed by atoms with Gasteiger partial charge in [-0.05, 0) is 55.7 Å². The summed E-state index contributed by atoms with van der Waals surface area (Å²) in [6, 6.07) is 9.73. The zero-order valence-corrected chi connectivity index (χ0v) is 13.8. The fourth-order valence-corrected chi connectivity index (χ4v) is 3.21. The lowest BCUT2D eigenvalue weighted by Gasteiger charge is -2.38. The molecule has 1 unspecified atom stereocenters. The summed E-state index contributed by atoms with van der Waals surface area (Å²) in [5.41, 5.74) is 1.44. The third kappa shape index (κ3) is 4.79. The zero-order valence-electron chi connectivity index (χ0n) is 13.0. The average molecular weight is 294 g/mol. The Morgan fingerprint density at radius 3 is 2.35 bits per heavy atom. The molecule has 1 nitrogen and oxygen atoms in total. The lowest BCUT2D eigenvalue weighted by atomic mass is 9.75. The quantitative estimate of drug-likeness (QED) is 0.710. The van der Waals surface area contributed by atoms with Gasteiger partial charge in [-0.15, -0.1) is 0 Å². The summed E-state index contributed by atoms with van der Waals surface area (Å²) in [6.07, 6.45) is 6.55. The van der Waals surface area contributed by atoms with Crippen molar-refractivity contribution in [2.24, 2.45) is 5.92 Å². The number of hydrogen-bond acceptors (Lipinski definition) is 1. The zero-order chi connectivity index (χ0) is 14.5. The molecule has 1 fully saturated rings. The fourth-order valence-electron chi connectivity index (χ4n) is 3.08. The van der Waals surface area contributed by atoms with Crippen LogP contribution in [0.25, 0.3) is 0 Å². The largest absolute Gasteiger partial charge is 0.311 e. The van der Waals surface area contributed by atoms with Crippen molar-refractivity contribution in [1.82, 2.24) is 5.32 Å². The van der Waals surface area contributed by atoms with E-state index in [0.29, 0.717) is 12.1 Å². The Morgan fingerprint density at radius 2 is 1.75 bits per heavy atom. The van der Waals surface area contributed by atoms with E-state index >= 15 is 0 Å². The molecule has 0 saturated heterocycles. The summed E-state index contributed by atoms with van der Waals surface area (Å²) in [5.74, 6) is 1.56. The van der Waals surface area contributed by atoms with E-state index in [1.165, 1.54) is 37.7 Å². The average Bonchev–Trinajstić information content (AvgIpc) is 2.34. The highest BCUT2D eigenvalue weighted by molar-refractivity contribution is 6.30. The first-order valence-corrected chi connectivity index (χ1v) is 8.44. The van der Waals surface area contributed by atoms with Crippen LogP contribution in [-0.4, -0.2) is 12.1 Å². The van der Waals surface area contributed by atoms with Gasteiger partial charge >= 0.3 is 0 Å². The van der Waals surface area contributed by atoms with Crippen molar-refractivity contribution in [1.29, 1.82) is 0 Å². The fraction of sp³-hybridized carbons (Fsp3) is 0.667. The van der Waals surface area contributed by atoms with E-state index in [2.05, 4.69) is 38.2 Å². The van der Waals surface area contributed by atoms with Crippen molar-refractivity contribution < 1.29 is 0 Å². The third-order valence-corrected chi connectivity index (χ3v) is 4.67. The minimum Gasteiger partial charge on any atom is -0.311 e. The summed E-state index contributed by atoms with van der Waals surface area (Å²) < 4.78 is 0. The number of benzene rings is 1. The number of halogens is 1. The molecule has 0 amide bonds. The van der Waals surface area contributed by atoms with Crippen LogP contribution in [0, 0.1) is 5.92 Å². The summed E-state index contributed by atoms with van der Waals surface area (Å²) >= 11 is 5.93. The highest BCUT2D eigenvalue weighted by atomic mass is 35.5. The number of nitrogens with one attached hydrogen (secondary N) is 1. The van der Waals surface area contributed by atoms with E-state index < -0.39 is 0 Å². The van der Waals surface area contributed by atoms with Crippen LogP contribution >= 0.6 is 11.6 Å². The van der Waals surface area contributed by atoms with E-state index in [0.717, 1.165) is 16.9 Å². The van der Waals surface area contributed by atoms with Gasteiger partial charge in [0, 0.05) is 17.1 Å². The molecule has 0 aromatic heterocycles. The summed E-state index contributed by atoms with van der Waals surface area (Å²) in [4.78, 5) is 0. The second kappa shape index (κ2) is 7.47. The Balaban J connectivity index is 1.65. The van der Waals surface area contributed by atoms with Gasteiger partial charge in [-0.3, -0.25) is 0 Å². The lowest BCUT2D eigenvalue weighted by Crippen LogP contribution is -2.44. The molecular formula is C18H28ClN. The predicted octanol–water partition coefficient (Wildman–Crippen LogP) is 5.39. The molecule has 0 radical (unpaired) electrons. The Hall–Kier alpha value is -0.530. The Morgan fingerprint density at radius 1 is 1.10 bits per heavy atom. The molecule has 112 valence electrons. The summed E-state index contributed by atoms with van der Waals surface area (Å²) in [6.45, 7) is 6.94. The van der Waals surface area contributed by atoms with Crippen molar-refractivity contribution in [2.45, 2.75) is 70.9 Å². The Kier molecular flexibility index (Phi) is 5.92. The molecular weight excluding hydrogens is 266 g/mol. The van der Waals surface area contributed by atoms with Crippen LogP contribution < -0.4 is 5.32 Å². The van der Waals surface area contributed by atoms with E-state index in [4.69, 9.17) is 11.6 Å². The smallest absolute Gasteiger partial charge is 0.0406 e. The summed E-state index contributed by atoms with van der Waals surface area (Å²) in [5, 5.41) is 4.61. The van der Waals surface area contributed by atoms with E-state index in [1.807, 2.05) is 12.1 Å². The van der Waals surface area contributed by atoms with Crippen LogP contribution in [0.2, 0.25) is 5.02 Å². The Bertz CT molecular complexity index is 392. The minimum atomic E-state index is 0.657. The van der Waals surface area contributed by atoms with Crippen LogP contribution in [0.5, 0.6) is 0 Å². The van der Waals surface area contributed by atoms with Crippen molar-refractivity contribution >= 4 is 11.6 Å². The molecule has 0 aliphatic heterocycles. The van der Waals surface area contributed by atoms with Crippen LogP contribution in [0.15, 0.2) is 24.3 Å². The first kappa shape index (κ1) is 15.9. The Labute approximate surface area is 129 Å². The molecule has 2 heteroatoms. The first-order chi connectivity index (χ1) is 9.54. The third-order valence-electron chi connectivity index (χ3n) is 4.42. The van der Waals surface area contributed by atoms with Gasteiger partial charge in [-0.2, -0.15) is 0 Å². The highest BCUT2D eigenvalue weighted by Gasteiger charge is 2.30. The number of rotatable bonds is 7. The molecule has 1 aliphatic carbocycles. The second-order valence-corrected chi connectivity index (χ2v) is 7.25. The van der Waals surface area contributed by atoms with Crippen molar-refractivity contribution in [3.8, 4) is 0 Å². The van der Waals surface area contributed by atoms with E-state index in [9.17, 15) is 0 Å². The maximum atomic E-state index is 5.93. The first-order valence-electron chi connectivity index (χ1n) is 8.06. The van der Waals surface area contributed by atoms with Crippen LogP contribution in [-0.2, 0) is 0 Å². The molecule has 0 spiro atoms. The van der Waals surface area contributed by atoms with Gasteiger partial charge in [0.2, 0.25) is 0 Å². The van der Waals surface area contributed by atoms with Gasteiger partial charge in [-0.25, -0.2) is 0 Å². The highest BCUT2D eigenvalue weighted by Crippen LogP contribution is 2.37. The molecule has 20 heavy (non-hydrogen) atoms. The minimum absolute atomic E-state index is 0.657. The summed E-state index contributed by atoms with van der Waals surface area (Å²) in [7, 11) is 0. The van der Waals surface area contributed by atoms with Gasteiger partial charge in [0.25, 0.3) is 0 Å².